The van der Waals surface area contributed by atoms with Gasteiger partial charge in [0.1, 0.15) is 24.4 Å². The van der Waals surface area contributed by atoms with Crippen LogP contribution in [0.15, 0.2) is 24.3 Å². The molecule has 0 radical (unpaired) electrons. The Kier molecular flexibility index (Phi) is 8.15. The smallest absolute Gasteiger partial charge is 0.229 e. The van der Waals surface area contributed by atoms with E-state index in [1.807, 2.05) is 0 Å². The van der Waals surface area contributed by atoms with Crippen LogP contribution in [0.2, 0.25) is 0 Å². The Labute approximate surface area is 230 Å². The number of phenols is 2. The molecule has 2 aromatic carbocycles. The average Bonchev–Trinajstić information content (AvgIpc) is 3.57. The first-order chi connectivity index (χ1) is 19.2. The molecule has 2 aromatic rings. The quantitative estimate of drug-likeness (QED) is 0.258. The number of aromatic hydroxyl groups is 2. The van der Waals surface area contributed by atoms with Gasteiger partial charge in [0.05, 0.1) is 53.4 Å². The van der Waals surface area contributed by atoms with Crippen molar-refractivity contribution in [1.82, 2.24) is 0 Å². The van der Waals surface area contributed by atoms with Crippen LogP contribution < -0.4 is 18.9 Å². The Balaban J connectivity index is 1.40. The predicted octanol–water partition coefficient (Wildman–Crippen LogP) is 0.377. The van der Waals surface area contributed by atoms with Crippen LogP contribution in [0.4, 0.5) is 0 Å². The summed E-state index contributed by atoms with van der Waals surface area (Å²) in [5.74, 6) is -0.149. The molecular weight excluding hydrogens is 532 g/mol. The van der Waals surface area contributed by atoms with E-state index in [4.69, 9.17) is 33.2 Å². The zero-order valence-electron chi connectivity index (χ0n) is 22.2. The van der Waals surface area contributed by atoms with Crippen LogP contribution in [-0.2, 0) is 14.2 Å². The highest BCUT2D eigenvalue weighted by Crippen LogP contribution is 2.53. The number of aliphatic hydroxyl groups excluding tert-OH is 4. The molecule has 0 saturated carbocycles. The predicted molar refractivity (Wildman–Crippen MR) is 135 cm³/mol. The normalized spacial score (nSPS) is 33.4. The summed E-state index contributed by atoms with van der Waals surface area (Å²) >= 11 is 0. The van der Waals surface area contributed by atoms with E-state index >= 15 is 0 Å². The van der Waals surface area contributed by atoms with Crippen LogP contribution in [0.1, 0.15) is 23.3 Å². The van der Waals surface area contributed by atoms with E-state index in [-0.39, 0.29) is 52.4 Å². The number of ether oxygens (including phenoxy) is 7. The Hall–Kier alpha value is -3.04. The number of methoxy groups -OCH3 is 3. The Morgan fingerprint density at radius 1 is 0.700 bits per heavy atom. The molecule has 6 N–H and O–H groups in total. The highest BCUT2D eigenvalue weighted by molar-refractivity contribution is 5.55. The first kappa shape index (κ1) is 28.5. The van der Waals surface area contributed by atoms with Crippen molar-refractivity contribution >= 4 is 0 Å². The van der Waals surface area contributed by atoms with E-state index in [1.165, 1.54) is 27.4 Å². The molecule has 3 aliphatic rings. The molecule has 5 rings (SSSR count). The lowest BCUT2D eigenvalue weighted by Gasteiger charge is -2.39. The molecule has 0 unspecified atom stereocenters. The topological polar surface area (TPSA) is 186 Å². The average molecular weight is 567 g/mol. The van der Waals surface area contributed by atoms with Gasteiger partial charge in [-0.25, -0.2) is 0 Å². The van der Waals surface area contributed by atoms with Gasteiger partial charge in [0.25, 0.3) is 0 Å². The summed E-state index contributed by atoms with van der Waals surface area (Å²) < 4.78 is 39.5. The summed E-state index contributed by atoms with van der Waals surface area (Å²) in [6, 6.07) is 6.54. The molecule has 3 saturated heterocycles. The summed E-state index contributed by atoms with van der Waals surface area (Å²) in [5.41, 5.74) is 1.37. The van der Waals surface area contributed by atoms with Gasteiger partial charge in [-0.2, -0.15) is 0 Å². The second-order valence-electron chi connectivity index (χ2n) is 9.99. The molecule has 3 heterocycles. The molecule has 9 atom stereocenters. The van der Waals surface area contributed by atoms with Crippen LogP contribution in [0, 0.1) is 11.8 Å². The lowest BCUT2D eigenvalue weighted by molar-refractivity contribution is -0.277. The van der Waals surface area contributed by atoms with Crippen LogP contribution >= 0.6 is 0 Å². The van der Waals surface area contributed by atoms with Crippen molar-refractivity contribution in [2.45, 2.75) is 42.9 Å². The zero-order valence-corrected chi connectivity index (χ0v) is 22.2. The molecule has 40 heavy (non-hydrogen) atoms. The maximum Gasteiger partial charge on any atom is 0.229 e. The minimum atomic E-state index is -1.66. The van der Waals surface area contributed by atoms with Crippen molar-refractivity contribution in [3.05, 3.63) is 35.4 Å². The van der Waals surface area contributed by atoms with Gasteiger partial charge >= 0.3 is 0 Å². The number of benzene rings is 2. The number of hydrogen-bond acceptors (Lipinski definition) is 13. The maximum absolute atomic E-state index is 10.8. The van der Waals surface area contributed by atoms with Gasteiger partial charge in [0.2, 0.25) is 17.8 Å². The van der Waals surface area contributed by atoms with E-state index in [9.17, 15) is 30.6 Å². The molecule has 0 aromatic heterocycles. The third-order valence-corrected chi connectivity index (χ3v) is 7.80. The fourth-order valence-electron chi connectivity index (χ4n) is 5.61. The van der Waals surface area contributed by atoms with E-state index in [2.05, 4.69) is 0 Å². The first-order valence-electron chi connectivity index (χ1n) is 12.8. The minimum Gasteiger partial charge on any atom is -0.502 e. The van der Waals surface area contributed by atoms with Gasteiger partial charge in [-0.05, 0) is 35.4 Å². The molecule has 3 aliphatic heterocycles. The molecule has 13 nitrogen and oxygen atoms in total. The summed E-state index contributed by atoms with van der Waals surface area (Å²) in [4.78, 5) is 0. The number of aliphatic hydroxyl groups is 4. The standard InChI is InChI=1S/C27H34O13/c1-34-15-4-11(5-16(35-2)20(15)29)25-13-9-38-26(14(13)10-37-25)12-6-17(36-3)21(30)18(7-12)39-27-24(33)23(32)22(31)19(8-28)40-27/h4-7,13-14,19,22-33H,8-10H2,1-3H3/t13-,14-,19+,22+,23-,24+,25+,26-,27+/m1/s1. The van der Waals surface area contributed by atoms with Crippen LogP contribution in [0.5, 0.6) is 34.5 Å². The lowest BCUT2D eigenvalue weighted by Crippen LogP contribution is -2.60. The molecule has 0 amide bonds. The molecular formula is C27H34O13. The first-order valence-corrected chi connectivity index (χ1v) is 12.8. The molecule has 220 valence electrons. The summed E-state index contributed by atoms with van der Waals surface area (Å²) in [7, 11) is 4.27. The minimum absolute atomic E-state index is 0.0569. The fourth-order valence-corrected chi connectivity index (χ4v) is 5.61. The number of rotatable bonds is 8. The highest BCUT2D eigenvalue weighted by atomic mass is 16.7. The molecule has 0 aliphatic carbocycles. The number of fused-ring (bicyclic) bond motifs is 1. The fraction of sp³-hybridized carbons (Fsp3) is 0.556. The molecule has 3 fully saturated rings. The molecule has 13 heteroatoms. The largest absolute Gasteiger partial charge is 0.502 e. The van der Waals surface area contributed by atoms with E-state index < -0.39 is 43.4 Å². The van der Waals surface area contributed by atoms with Gasteiger partial charge in [-0.15, -0.1) is 0 Å². The van der Waals surface area contributed by atoms with Crippen molar-refractivity contribution in [2.75, 3.05) is 41.2 Å². The zero-order chi connectivity index (χ0) is 28.7. The molecule has 0 bridgehead atoms. The summed E-state index contributed by atoms with van der Waals surface area (Å²) in [6.07, 6.45) is -8.38. The molecule has 0 spiro atoms. The van der Waals surface area contributed by atoms with Crippen molar-refractivity contribution < 1.29 is 63.8 Å². The number of phenolic OH excluding ortho intramolecular Hbond substituents is 2. The highest BCUT2D eigenvalue weighted by Gasteiger charge is 2.49. The second kappa shape index (κ2) is 11.4. The van der Waals surface area contributed by atoms with E-state index in [1.54, 1.807) is 18.2 Å². The van der Waals surface area contributed by atoms with E-state index in [0.29, 0.717) is 18.8 Å². The SMILES string of the molecule is COc1cc([C@@H]2OC[C@@H]3[C@H]2CO[C@@H]3c2cc(OC)c(O)c(O[C@H]3O[C@@H](CO)[C@H](O)[C@@H](O)[C@@H]3O)c2)cc(OC)c1O. The van der Waals surface area contributed by atoms with E-state index in [0.717, 1.165) is 5.56 Å². The maximum atomic E-state index is 10.8. The second-order valence-corrected chi connectivity index (χ2v) is 9.99. The Bertz CT molecular complexity index is 1180. The van der Waals surface area contributed by atoms with Gasteiger partial charge in [0, 0.05) is 11.8 Å². The van der Waals surface area contributed by atoms with Gasteiger partial charge in [-0.1, -0.05) is 0 Å². The summed E-state index contributed by atoms with van der Waals surface area (Å²) in [5, 5.41) is 61.1. The van der Waals surface area contributed by atoms with Crippen molar-refractivity contribution in [3.8, 4) is 34.5 Å². The van der Waals surface area contributed by atoms with Gasteiger partial charge in [-0.3, -0.25) is 0 Å². The van der Waals surface area contributed by atoms with Crippen molar-refractivity contribution in [3.63, 3.8) is 0 Å². The summed E-state index contributed by atoms with van der Waals surface area (Å²) in [6.45, 7) is 0.0915. The van der Waals surface area contributed by atoms with Crippen molar-refractivity contribution in [1.29, 1.82) is 0 Å². The lowest BCUT2D eigenvalue weighted by atomic mass is 9.84. The van der Waals surface area contributed by atoms with Crippen LogP contribution in [0.3, 0.4) is 0 Å². The Morgan fingerprint density at radius 2 is 1.15 bits per heavy atom. The van der Waals surface area contributed by atoms with Gasteiger partial charge in [0.15, 0.2) is 23.0 Å². The number of hydrogen-bond donors (Lipinski definition) is 6. The van der Waals surface area contributed by atoms with Crippen molar-refractivity contribution in [2.24, 2.45) is 11.8 Å². The van der Waals surface area contributed by atoms with Gasteiger partial charge < -0.3 is 63.8 Å². The third kappa shape index (κ3) is 4.87. The van der Waals surface area contributed by atoms with Crippen LogP contribution in [0.25, 0.3) is 0 Å². The Morgan fingerprint density at radius 3 is 1.60 bits per heavy atom. The monoisotopic (exact) mass is 566 g/mol. The van der Waals surface area contributed by atoms with Crippen LogP contribution in [-0.4, -0.2) is 102 Å². The third-order valence-electron chi connectivity index (χ3n) is 7.80.